The van der Waals surface area contributed by atoms with Gasteiger partial charge in [0.05, 0.1) is 11.5 Å². The first kappa shape index (κ1) is 16.8. The van der Waals surface area contributed by atoms with E-state index in [-0.39, 0.29) is 23.6 Å². The van der Waals surface area contributed by atoms with E-state index in [1.54, 1.807) is 19.1 Å². The minimum Gasteiger partial charge on any atom is -0.478 e. The van der Waals surface area contributed by atoms with Crippen LogP contribution in [0, 0.1) is 11.3 Å². The number of fused-ring (bicyclic) bond motifs is 2. The van der Waals surface area contributed by atoms with Crippen LogP contribution in [0.15, 0.2) is 34.5 Å². The van der Waals surface area contributed by atoms with Gasteiger partial charge in [-0.15, -0.1) is 0 Å². The van der Waals surface area contributed by atoms with Gasteiger partial charge in [0.25, 0.3) is 0 Å². The van der Waals surface area contributed by atoms with Crippen molar-refractivity contribution in [2.75, 3.05) is 6.79 Å². The van der Waals surface area contributed by atoms with Crippen molar-refractivity contribution in [2.24, 2.45) is 16.3 Å². The Bertz CT molecular complexity index is 880. The number of rotatable bonds is 2. The number of aliphatic imine (C=N–C) groups is 1. The van der Waals surface area contributed by atoms with Gasteiger partial charge < -0.3 is 14.6 Å². The van der Waals surface area contributed by atoms with Crippen LogP contribution in [0.4, 0.5) is 0 Å². The molecule has 1 aliphatic carbocycles. The van der Waals surface area contributed by atoms with Gasteiger partial charge in [-0.2, -0.15) is 0 Å². The van der Waals surface area contributed by atoms with Crippen LogP contribution in [-0.2, 0) is 9.59 Å². The minimum atomic E-state index is -1.04. The number of allylic oxidation sites excluding steroid dienone is 1. The first-order valence-electron chi connectivity index (χ1n) is 8.70. The van der Waals surface area contributed by atoms with Crippen LogP contribution in [0.2, 0.25) is 0 Å². The van der Waals surface area contributed by atoms with Crippen LogP contribution in [0.5, 0.6) is 11.5 Å². The van der Waals surface area contributed by atoms with Crippen LogP contribution in [0.25, 0.3) is 0 Å². The van der Waals surface area contributed by atoms with E-state index in [4.69, 9.17) is 9.47 Å². The summed E-state index contributed by atoms with van der Waals surface area (Å²) in [5, 5.41) is 9.82. The molecule has 1 saturated carbocycles. The zero-order chi connectivity index (χ0) is 18.6. The number of benzene rings is 1. The second-order valence-corrected chi connectivity index (χ2v) is 7.96. The second kappa shape index (κ2) is 5.69. The third kappa shape index (κ3) is 2.60. The topological polar surface area (TPSA) is 85.2 Å². The molecule has 136 valence electrons. The Kier molecular flexibility index (Phi) is 3.68. The molecule has 0 spiro atoms. The maximum absolute atomic E-state index is 13.0. The summed E-state index contributed by atoms with van der Waals surface area (Å²) in [6.45, 7) is 5.95. The monoisotopic (exact) mass is 355 g/mol. The number of ketones is 1. The fourth-order valence-electron chi connectivity index (χ4n) is 4.34. The van der Waals surface area contributed by atoms with Gasteiger partial charge in [0.15, 0.2) is 11.5 Å². The summed E-state index contributed by atoms with van der Waals surface area (Å²) < 4.78 is 10.8. The Labute approximate surface area is 151 Å². The van der Waals surface area contributed by atoms with E-state index in [1.165, 1.54) is 0 Å². The van der Waals surface area contributed by atoms with E-state index in [9.17, 15) is 14.7 Å². The lowest BCUT2D eigenvalue weighted by molar-refractivity contribution is -0.133. The molecule has 3 aliphatic rings. The standard InChI is InChI=1S/C20H21NO5/c1-10-16(19(23)24)17(11-4-5-14-15(6-11)26-9-25-14)18-12(21-10)7-20(2,3)8-13(18)22/h4-6,17-18H,7-9H2,1-3H3,(H,23,24). The lowest BCUT2D eigenvalue weighted by Gasteiger charge is -2.40. The van der Waals surface area contributed by atoms with Crippen LogP contribution in [-0.4, -0.2) is 29.4 Å². The molecule has 26 heavy (non-hydrogen) atoms. The van der Waals surface area contributed by atoms with Gasteiger partial charge in [-0.3, -0.25) is 9.79 Å². The minimum absolute atomic E-state index is 0.0499. The number of ether oxygens (including phenoxy) is 2. The molecule has 0 bridgehead atoms. The Morgan fingerprint density at radius 3 is 2.65 bits per heavy atom. The highest BCUT2D eigenvalue weighted by atomic mass is 16.7. The van der Waals surface area contributed by atoms with E-state index >= 15 is 0 Å². The summed E-state index contributed by atoms with van der Waals surface area (Å²) in [6.07, 6.45) is 1.11. The maximum Gasteiger partial charge on any atom is 0.334 e. The SMILES string of the molecule is CC1=C(C(=O)O)C(c2ccc3c(c2)OCO3)C2C(=O)CC(C)(C)CC2=N1. The third-order valence-corrected chi connectivity index (χ3v) is 5.35. The molecule has 0 saturated heterocycles. The zero-order valence-electron chi connectivity index (χ0n) is 15.0. The molecule has 2 atom stereocenters. The number of carbonyl (C=O) groups excluding carboxylic acids is 1. The Morgan fingerprint density at radius 1 is 1.19 bits per heavy atom. The first-order valence-corrected chi connectivity index (χ1v) is 8.70. The van der Waals surface area contributed by atoms with Gasteiger partial charge in [0.1, 0.15) is 5.78 Å². The number of aliphatic carboxylic acids is 1. The van der Waals surface area contributed by atoms with Crippen molar-refractivity contribution in [1.29, 1.82) is 0 Å². The van der Waals surface area contributed by atoms with Crippen molar-refractivity contribution >= 4 is 17.5 Å². The number of carbonyl (C=O) groups is 2. The molecule has 0 aromatic heterocycles. The number of nitrogens with zero attached hydrogens (tertiary/aromatic N) is 1. The van der Waals surface area contributed by atoms with Crippen molar-refractivity contribution in [2.45, 2.75) is 39.5 Å². The average Bonchev–Trinajstić information content (AvgIpc) is 2.99. The third-order valence-electron chi connectivity index (χ3n) is 5.35. The quantitative estimate of drug-likeness (QED) is 0.880. The summed E-state index contributed by atoms with van der Waals surface area (Å²) in [5.74, 6) is -0.861. The molecule has 4 rings (SSSR count). The van der Waals surface area contributed by atoms with Crippen molar-refractivity contribution in [3.8, 4) is 11.5 Å². The number of Topliss-reactive ketones (excluding diaryl/α,β-unsaturated/α-hetero) is 1. The highest BCUT2D eigenvalue weighted by Crippen LogP contribution is 2.48. The largest absolute Gasteiger partial charge is 0.478 e. The molecule has 1 aromatic carbocycles. The molecule has 0 radical (unpaired) electrons. The van der Waals surface area contributed by atoms with Gasteiger partial charge >= 0.3 is 5.97 Å². The Hall–Kier alpha value is -2.63. The van der Waals surface area contributed by atoms with Crippen LogP contribution >= 0.6 is 0 Å². The molecule has 0 amide bonds. The summed E-state index contributed by atoms with van der Waals surface area (Å²) >= 11 is 0. The van der Waals surface area contributed by atoms with Crippen molar-refractivity contribution in [3.05, 3.63) is 35.0 Å². The van der Waals surface area contributed by atoms with Gasteiger partial charge in [0.2, 0.25) is 6.79 Å². The number of carboxylic acids is 1. The number of hydrogen-bond donors (Lipinski definition) is 1. The maximum atomic E-state index is 13.0. The molecule has 6 nitrogen and oxygen atoms in total. The van der Waals surface area contributed by atoms with Crippen molar-refractivity contribution in [3.63, 3.8) is 0 Å². The molecule has 1 N–H and O–H groups in total. The van der Waals surface area contributed by atoms with Gasteiger partial charge in [0, 0.05) is 23.7 Å². The van der Waals surface area contributed by atoms with Crippen molar-refractivity contribution < 1.29 is 24.2 Å². The summed E-state index contributed by atoms with van der Waals surface area (Å²) in [7, 11) is 0. The van der Waals surface area contributed by atoms with Gasteiger partial charge in [-0.05, 0) is 36.5 Å². The molecule has 1 aromatic rings. The normalized spacial score (nSPS) is 26.4. The van der Waals surface area contributed by atoms with E-state index < -0.39 is 17.8 Å². The van der Waals surface area contributed by atoms with Crippen molar-refractivity contribution in [1.82, 2.24) is 0 Å². The Morgan fingerprint density at radius 2 is 1.92 bits per heavy atom. The van der Waals surface area contributed by atoms with E-state index in [0.29, 0.717) is 30.0 Å². The highest BCUT2D eigenvalue weighted by Gasteiger charge is 2.47. The van der Waals surface area contributed by atoms with Crippen LogP contribution < -0.4 is 9.47 Å². The number of carboxylic acid groups (broad SMARTS) is 1. The van der Waals surface area contributed by atoms with Crippen LogP contribution in [0.3, 0.4) is 0 Å². The molecule has 1 fully saturated rings. The zero-order valence-corrected chi connectivity index (χ0v) is 15.0. The Balaban J connectivity index is 1.86. The molecule has 2 heterocycles. The lowest BCUT2D eigenvalue weighted by atomic mass is 9.63. The fraction of sp³-hybridized carbons (Fsp3) is 0.450. The summed E-state index contributed by atoms with van der Waals surface area (Å²) in [4.78, 5) is 29.5. The smallest absolute Gasteiger partial charge is 0.334 e. The molecular formula is C20H21NO5. The van der Waals surface area contributed by atoms with Gasteiger partial charge in [-0.1, -0.05) is 19.9 Å². The van der Waals surface area contributed by atoms with E-state index in [2.05, 4.69) is 4.99 Å². The average molecular weight is 355 g/mol. The van der Waals surface area contributed by atoms with Gasteiger partial charge in [-0.25, -0.2) is 4.79 Å². The molecular weight excluding hydrogens is 334 g/mol. The summed E-state index contributed by atoms with van der Waals surface area (Å²) in [6, 6.07) is 5.39. The molecule has 2 unspecified atom stereocenters. The molecule has 2 aliphatic heterocycles. The summed E-state index contributed by atoms with van der Waals surface area (Å²) in [5.41, 5.74) is 2.03. The first-order chi connectivity index (χ1) is 12.3. The molecule has 6 heteroatoms. The number of hydrogen-bond acceptors (Lipinski definition) is 5. The second-order valence-electron chi connectivity index (χ2n) is 7.96. The van der Waals surface area contributed by atoms with Crippen LogP contribution in [0.1, 0.15) is 45.1 Å². The predicted octanol–water partition coefficient (Wildman–Crippen LogP) is 3.32. The predicted molar refractivity (Wildman–Crippen MR) is 94.6 cm³/mol. The fourth-order valence-corrected chi connectivity index (χ4v) is 4.34. The van der Waals surface area contributed by atoms with E-state index in [0.717, 1.165) is 11.3 Å². The highest BCUT2D eigenvalue weighted by molar-refractivity contribution is 6.12. The lowest BCUT2D eigenvalue weighted by Crippen LogP contribution is -2.43. The van der Waals surface area contributed by atoms with E-state index in [1.807, 2.05) is 19.9 Å².